The normalized spacial score (nSPS) is 26.9. The summed E-state index contributed by atoms with van der Waals surface area (Å²) in [5.41, 5.74) is -2.20. The summed E-state index contributed by atoms with van der Waals surface area (Å²) in [7, 11) is 0. The summed E-state index contributed by atoms with van der Waals surface area (Å²) in [6.07, 6.45) is 1.17. The average molecular weight is 639 g/mol. The van der Waals surface area contributed by atoms with E-state index in [1.807, 2.05) is 27.7 Å². The third-order valence-electron chi connectivity index (χ3n) is 8.53. The van der Waals surface area contributed by atoms with E-state index >= 15 is 8.78 Å². The van der Waals surface area contributed by atoms with Crippen LogP contribution in [0.5, 0.6) is 0 Å². The molecule has 2 heterocycles. The van der Waals surface area contributed by atoms with Gasteiger partial charge in [0.2, 0.25) is 0 Å². The molecule has 11 heteroatoms. The number of ether oxygens (including phenoxy) is 2. The van der Waals surface area contributed by atoms with Crippen LogP contribution in [-0.2, 0) is 19.7 Å². The molecule has 0 aliphatic carbocycles. The van der Waals surface area contributed by atoms with Gasteiger partial charge in [-0.1, -0.05) is 55.2 Å². The maximum absolute atomic E-state index is 15.8. The zero-order chi connectivity index (χ0) is 31.6. The van der Waals surface area contributed by atoms with Crippen LogP contribution in [0.2, 0.25) is 10.0 Å². The lowest BCUT2D eigenvalue weighted by molar-refractivity contribution is -0.138. The van der Waals surface area contributed by atoms with Gasteiger partial charge in [-0.3, -0.25) is 4.79 Å². The number of nitriles is 1. The number of rotatable bonds is 12. The highest BCUT2D eigenvalue weighted by atomic mass is 35.5. The number of nitrogens with zero attached hydrogens (tertiary/aromatic N) is 1. The molecule has 5 atom stereocenters. The van der Waals surface area contributed by atoms with Crippen LogP contribution in [0, 0.1) is 28.4 Å². The van der Waals surface area contributed by atoms with Crippen molar-refractivity contribution in [3.63, 3.8) is 0 Å². The van der Waals surface area contributed by atoms with Gasteiger partial charge in [-0.2, -0.15) is 5.26 Å². The molecule has 2 aliphatic rings. The molecule has 234 valence electrons. The molecule has 0 bridgehead atoms. The number of ketones is 1. The first-order chi connectivity index (χ1) is 20.2. The number of hydrogen-bond acceptors (Lipinski definition) is 7. The fourth-order valence-corrected chi connectivity index (χ4v) is 6.78. The van der Waals surface area contributed by atoms with Crippen LogP contribution in [0.4, 0.5) is 8.78 Å². The lowest BCUT2D eigenvalue weighted by atomic mass is 9.62. The molecule has 0 radical (unpaired) electrons. The molecule has 2 aromatic carbocycles. The predicted molar refractivity (Wildman–Crippen MR) is 161 cm³/mol. The van der Waals surface area contributed by atoms with Crippen LogP contribution >= 0.6 is 23.2 Å². The Morgan fingerprint density at radius 3 is 2.63 bits per heavy atom. The lowest BCUT2D eigenvalue weighted by Gasteiger charge is -2.38. The Labute approximate surface area is 261 Å². The van der Waals surface area contributed by atoms with Crippen molar-refractivity contribution < 1.29 is 28.2 Å². The van der Waals surface area contributed by atoms with Crippen molar-refractivity contribution in [2.45, 2.75) is 82.3 Å². The van der Waals surface area contributed by atoms with Crippen molar-refractivity contribution in [1.82, 2.24) is 10.6 Å². The fourth-order valence-electron chi connectivity index (χ4n) is 6.44. The van der Waals surface area contributed by atoms with E-state index in [-0.39, 0.29) is 52.6 Å². The quantitative estimate of drug-likeness (QED) is 0.258. The van der Waals surface area contributed by atoms with E-state index in [9.17, 15) is 15.2 Å². The van der Waals surface area contributed by atoms with Gasteiger partial charge < -0.3 is 25.2 Å². The SMILES string of the molecule is CC(C)(CCO)CC1N[C@@H](C(=O)CNCC[C@H]2COC(C)(C)O2)[C@H](c2cccc(Cl)c2F)[C@@]1(C#N)c1ccc(Cl)cc1F. The first kappa shape index (κ1) is 33.7. The van der Waals surface area contributed by atoms with E-state index in [1.165, 1.54) is 24.3 Å². The molecule has 43 heavy (non-hydrogen) atoms. The number of carbonyl (C=O) groups is 1. The van der Waals surface area contributed by atoms with Gasteiger partial charge in [-0.15, -0.1) is 0 Å². The molecule has 2 aliphatic heterocycles. The van der Waals surface area contributed by atoms with Gasteiger partial charge in [0, 0.05) is 29.2 Å². The van der Waals surface area contributed by atoms with Crippen molar-refractivity contribution in [3.8, 4) is 6.07 Å². The average Bonchev–Trinajstić information content (AvgIpc) is 3.44. The van der Waals surface area contributed by atoms with Gasteiger partial charge in [0.05, 0.1) is 36.4 Å². The van der Waals surface area contributed by atoms with E-state index < -0.39 is 46.3 Å². The van der Waals surface area contributed by atoms with E-state index in [1.54, 1.807) is 6.07 Å². The third-order valence-corrected chi connectivity index (χ3v) is 9.06. The zero-order valence-electron chi connectivity index (χ0n) is 24.9. The minimum absolute atomic E-state index is 0.00494. The maximum atomic E-state index is 15.8. The number of halogens is 4. The Bertz CT molecular complexity index is 1370. The van der Waals surface area contributed by atoms with Crippen LogP contribution in [0.3, 0.4) is 0 Å². The Hall–Kier alpha value is -2.16. The van der Waals surface area contributed by atoms with Gasteiger partial charge in [-0.05, 0) is 68.8 Å². The second-order valence-corrected chi connectivity index (χ2v) is 13.5. The van der Waals surface area contributed by atoms with Gasteiger partial charge in [0.15, 0.2) is 11.6 Å². The summed E-state index contributed by atoms with van der Waals surface area (Å²) in [4.78, 5) is 13.9. The topological polar surface area (TPSA) is 104 Å². The molecule has 0 spiro atoms. The Morgan fingerprint density at radius 2 is 2.00 bits per heavy atom. The second-order valence-electron chi connectivity index (χ2n) is 12.6. The summed E-state index contributed by atoms with van der Waals surface area (Å²) >= 11 is 12.3. The summed E-state index contributed by atoms with van der Waals surface area (Å²) in [6, 6.07) is 8.94. The molecule has 2 fully saturated rings. The molecule has 2 aromatic rings. The van der Waals surface area contributed by atoms with E-state index in [0.717, 1.165) is 6.07 Å². The molecule has 0 aromatic heterocycles. The maximum Gasteiger partial charge on any atom is 0.164 e. The van der Waals surface area contributed by atoms with Gasteiger partial charge in [0.1, 0.15) is 17.0 Å². The monoisotopic (exact) mass is 637 g/mol. The highest BCUT2D eigenvalue weighted by molar-refractivity contribution is 6.31. The van der Waals surface area contributed by atoms with Crippen LogP contribution in [0.15, 0.2) is 36.4 Å². The summed E-state index contributed by atoms with van der Waals surface area (Å²) in [5, 5.41) is 27.1. The smallest absolute Gasteiger partial charge is 0.164 e. The standard InChI is InChI=1S/C32H39Cl2F2N3O4/c1-30(2,11-13-40)15-26-32(18-37,22-9-8-19(33)14-24(22)35)27(21-6-5-7-23(34)28(21)36)29(39-26)25(41)16-38-12-10-20-17-42-31(3,4)43-20/h5-9,14,20,26-27,29,38-40H,10-13,15-17H2,1-4H3/t20-,26?,27-,29-,32-/m0/s1. The molecule has 0 amide bonds. The van der Waals surface area contributed by atoms with Crippen LogP contribution in [0.1, 0.15) is 64.0 Å². The second kappa shape index (κ2) is 13.5. The van der Waals surface area contributed by atoms with E-state index in [0.29, 0.717) is 26.0 Å². The highest BCUT2D eigenvalue weighted by Gasteiger charge is 2.61. The molecule has 4 rings (SSSR count). The molecule has 3 N–H and O–H groups in total. The van der Waals surface area contributed by atoms with Crippen LogP contribution in [0.25, 0.3) is 0 Å². The number of carbonyl (C=O) groups excluding carboxylic acids is 1. The largest absolute Gasteiger partial charge is 0.396 e. The van der Waals surface area contributed by atoms with E-state index in [4.69, 9.17) is 32.7 Å². The van der Waals surface area contributed by atoms with E-state index in [2.05, 4.69) is 16.7 Å². The minimum Gasteiger partial charge on any atom is -0.396 e. The molecule has 0 saturated carbocycles. The van der Waals surface area contributed by atoms with Crippen LogP contribution < -0.4 is 10.6 Å². The van der Waals surface area contributed by atoms with Crippen molar-refractivity contribution in [3.05, 3.63) is 69.2 Å². The predicted octanol–water partition coefficient (Wildman–Crippen LogP) is 5.66. The number of aliphatic hydroxyl groups is 1. The summed E-state index contributed by atoms with van der Waals surface area (Å²) in [6.45, 7) is 8.26. The molecule has 2 saturated heterocycles. The van der Waals surface area contributed by atoms with Crippen molar-refractivity contribution in [2.75, 3.05) is 26.3 Å². The molecular formula is C32H39Cl2F2N3O4. The number of hydrogen-bond donors (Lipinski definition) is 3. The Kier molecular flexibility index (Phi) is 10.6. The fraction of sp³-hybridized carbons (Fsp3) is 0.562. The van der Waals surface area contributed by atoms with Gasteiger partial charge in [0.25, 0.3) is 0 Å². The molecule has 7 nitrogen and oxygen atoms in total. The summed E-state index contributed by atoms with van der Waals surface area (Å²) < 4.78 is 43.0. The lowest BCUT2D eigenvalue weighted by Crippen LogP contribution is -2.45. The number of benzene rings is 2. The number of aliphatic hydroxyl groups excluding tert-OH is 1. The van der Waals surface area contributed by atoms with Crippen LogP contribution in [-0.4, -0.2) is 61.2 Å². The van der Waals surface area contributed by atoms with Gasteiger partial charge >= 0.3 is 0 Å². The number of Topliss-reactive ketones (excluding diaryl/α,β-unsaturated/α-hetero) is 1. The van der Waals surface area contributed by atoms with Crippen molar-refractivity contribution in [2.24, 2.45) is 5.41 Å². The molecule has 1 unspecified atom stereocenters. The Morgan fingerprint density at radius 1 is 1.26 bits per heavy atom. The first-order valence-corrected chi connectivity index (χ1v) is 15.2. The first-order valence-electron chi connectivity index (χ1n) is 14.5. The van der Waals surface area contributed by atoms with Crippen molar-refractivity contribution in [1.29, 1.82) is 5.26 Å². The highest BCUT2D eigenvalue weighted by Crippen LogP contribution is 2.53. The third kappa shape index (κ3) is 7.23. The Balaban J connectivity index is 1.75. The minimum atomic E-state index is -1.73. The summed E-state index contributed by atoms with van der Waals surface area (Å²) in [5.74, 6) is -3.61. The van der Waals surface area contributed by atoms with Crippen molar-refractivity contribution >= 4 is 29.0 Å². The zero-order valence-corrected chi connectivity index (χ0v) is 26.4. The number of nitrogens with one attached hydrogen (secondary N) is 2. The van der Waals surface area contributed by atoms with Gasteiger partial charge in [-0.25, -0.2) is 8.78 Å². The molecular weight excluding hydrogens is 599 g/mol.